The Hall–Kier alpha value is -8.72. The molecule has 0 fully saturated rings. The molecule has 0 radical (unpaired) electrons. The van der Waals surface area contributed by atoms with E-state index in [-0.39, 0.29) is 0 Å². The maximum absolute atomic E-state index is 6.60. The Morgan fingerprint density at radius 3 is 1.58 bits per heavy atom. The summed E-state index contributed by atoms with van der Waals surface area (Å²) in [5.74, 6) is 0. The van der Waals surface area contributed by atoms with E-state index in [1.54, 1.807) is 0 Å². The molecular weight excluding hydrogens is 799 g/mol. The van der Waals surface area contributed by atoms with Gasteiger partial charge in [-0.1, -0.05) is 212 Å². The van der Waals surface area contributed by atoms with E-state index in [4.69, 9.17) is 4.42 Å². The monoisotopic (exact) mass is 841 g/mol. The van der Waals surface area contributed by atoms with Crippen LogP contribution < -0.4 is 4.90 Å². The highest BCUT2D eigenvalue weighted by atomic mass is 16.3. The van der Waals surface area contributed by atoms with Crippen LogP contribution in [0.4, 0.5) is 17.1 Å². The normalized spacial score (nSPS) is 11.3. The van der Waals surface area contributed by atoms with Gasteiger partial charge in [0.15, 0.2) is 0 Å². The minimum Gasteiger partial charge on any atom is -0.455 e. The van der Waals surface area contributed by atoms with E-state index in [9.17, 15) is 0 Å². The molecule has 1 heterocycles. The summed E-state index contributed by atoms with van der Waals surface area (Å²) in [5, 5.41) is 4.68. The molecule has 310 valence electrons. The van der Waals surface area contributed by atoms with Gasteiger partial charge < -0.3 is 9.32 Å². The van der Waals surface area contributed by atoms with E-state index in [1.807, 2.05) is 6.07 Å². The molecule has 2 heteroatoms. The third kappa shape index (κ3) is 7.12. The summed E-state index contributed by atoms with van der Waals surface area (Å²) >= 11 is 0. The molecular formula is C64H43NO. The van der Waals surface area contributed by atoms with Gasteiger partial charge in [-0.2, -0.15) is 0 Å². The standard InChI is InChI=1S/C64H43NO/c1-3-18-44(19-4-1)50-38-39-57(61(43-50)46-21-5-2-6-22-46)55-28-9-10-29-56(55)58-30-11-13-34-62(58)65(52-26-15-24-48(41-52)49-37-36-45-20-7-8-23-47(45)40-49)53-27-16-25-51(42-53)54-32-17-33-60-59-31-12-14-35-63(59)66-64(54)60/h1-43H. The molecule has 0 saturated carbocycles. The lowest BCUT2D eigenvalue weighted by Gasteiger charge is -2.29. The van der Waals surface area contributed by atoms with E-state index in [1.165, 1.54) is 49.7 Å². The second-order valence-corrected chi connectivity index (χ2v) is 16.8. The average Bonchev–Trinajstić information content (AvgIpc) is 3.78. The van der Waals surface area contributed by atoms with Gasteiger partial charge >= 0.3 is 0 Å². The van der Waals surface area contributed by atoms with Crippen molar-refractivity contribution in [2.75, 3.05) is 4.90 Å². The number of fused-ring (bicyclic) bond motifs is 4. The van der Waals surface area contributed by atoms with E-state index in [0.717, 1.165) is 66.8 Å². The van der Waals surface area contributed by atoms with E-state index in [0.29, 0.717) is 0 Å². The third-order valence-electron chi connectivity index (χ3n) is 12.9. The third-order valence-corrected chi connectivity index (χ3v) is 12.9. The first kappa shape index (κ1) is 38.9. The molecule has 0 N–H and O–H groups in total. The number of hydrogen-bond donors (Lipinski definition) is 0. The first-order valence-corrected chi connectivity index (χ1v) is 22.6. The summed E-state index contributed by atoms with van der Waals surface area (Å²) in [7, 11) is 0. The molecule has 11 aromatic carbocycles. The van der Waals surface area contributed by atoms with E-state index < -0.39 is 0 Å². The Morgan fingerprint density at radius 2 is 0.773 bits per heavy atom. The molecule has 0 atom stereocenters. The van der Waals surface area contributed by atoms with Gasteiger partial charge in [-0.15, -0.1) is 0 Å². The van der Waals surface area contributed by atoms with E-state index in [2.05, 4.69) is 260 Å². The van der Waals surface area contributed by atoms with Gasteiger partial charge in [-0.05, 0) is 115 Å². The molecule has 0 aliphatic rings. The summed E-state index contributed by atoms with van der Waals surface area (Å²) in [5.41, 5.74) is 18.8. The summed E-state index contributed by atoms with van der Waals surface area (Å²) < 4.78 is 6.60. The fourth-order valence-electron chi connectivity index (χ4n) is 9.70. The number of para-hydroxylation sites is 3. The molecule has 0 spiro atoms. The SMILES string of the molecule is c1ccc(-c2ccc(-c3ccccc3-c3ccccc3N(c3cccc(-c4ccc5ccccc5c4)c3)c3cccc(-c4cccc5c4oc4ccccc45)c3)c(-c3ccccc3)c2)cc1. The van der Waals surface area contributed by atoms with Gasteiger partial charge in [0, 0.05) is 33.3 Å². The number of nitrogens with zero attached hydrogens (tertiary/aromatic N) is 1. The summed E-state index contributed by atoms with van der Waals surface area (Å²) in [4.78, 5) is 2.43. The van der Waals surface area contributed by atoms with Crippen LogP contribution in [-0.2, 0) is 0 Å². The first-order valence-electron chi connectivity index (χ1n) is 22.6. The van der Waals surface area contributed by atoms with Crippen LogP contribution in [0.5, 0.6) is 0 Å². The lowest BCUT2D eigenvalue weighted by Crippen LogP contribution is -2.11. The fourth-order valence-corrected chi connectivity index (χ4v) is 9.70. The van der Waals surface area contributed by atoms with Crippen molar-refractivity contribution in [2.24, 2.45) is 0 Å². The summed E-state index contributed by atoms with van der Waals surface area (Å²) in [6.45, 7) is 0. The molecule has 66 heavy (non-hydrogen) atoms. The zero-order valence-electron chi connectivity index (χ0n) is 36.2. The first-order chi connectivity index (χ1) is 32.7. The highest BCUT2D eigenvalue weighted by Gasteiger charge is 2.22. The van der Waals surface area contributed by atoms with Gasteiger partial charge in [0.2, 0.25) is 0 Å². The average molecular weight is 842 g/mol. The fraction of sp³-hybridized carbons (Fsp3) is 0. The van der Waals surface area contributed by atoms with Crippen LogP contribution in [-0.4, -0.2) is 0 Å². The van der Waals surface area contributed by atoms with Crippen molar-refractivity contribution >= 4 is 49.8 Å². The topological polar surface area (TPSA) is 16.4 Å². The molecule has 2 nitrogen and oxygen atoms in total. The molecule has 0 unspecified atom stereocenters. The van der Waals surface area contributed by atoms with Crippen LogP contribution >= 0.6 is 0 Å². The zero-order chi connectivity index (χ0) is 43.8. The Balaban J connectivity index is 1.06. The van der Waals surface area contributed by atoms with E-state index >= 15 is 0 Å². The summed E-state index contributed by atoms with van der Waals surface area (Å²) in [6, 6.07) is 94.0. The maximum Gasteiger partial charge on any atom is 0.143 e. The van der Waals surface area contributed by atoms with Crippen LogP contribution in [0, 0.1) is 0 Å². The lowest BCUT2D eigenvalue weighted by atomic mass is 9.87. The van der Waals surface area contributed by atoms with Crippen LogP contribution in [0.2, 0.25) is 0 Å². The number of hydrogen-bond acceptors (Lipinski definition) is 2. The number of anilines is 3. The smallest absolute Gasteiger partial charge is 0.143 e. The van der Waals surface area contributed by atoms with Crippen LogP contribution in [0.15, 0.2) is 265 Å². The Kier molecular flexibility index (Phi) is 9.89. The van der Waals surface area contributed by atoms with Gasteiger partial charge in [0.1, 0.15) is 11.2 Å². The van der Waals surface area contributed by atoms with Crippen molar-refractivity contribution in [3.63, 3.8) is 0 Å². The Bertz CT molecular complexity index is 3720. The Morgan fingerprint density at radius 1 is 0.258 bits per heavy atom. The molecule has 1 aromatic heterocycles. The molecule has 0 saturated heterocycles. The van der Waals surface area contributed by atoms with Crippen molar-refractivity contribution in [3.05, 3.63) is 261 Å². The van der Waals surface area contributed by atoms with Gasteiger partial charge in [-0.3, -0.25) is 0 Å². The van der Waals surface area contributed by atoms with Crippen molar-refractivity contribution in [3.8, 4) is 66.8 Å². The zero-order valence-corrected chi connectivity index (χ0v) is 36.2. The minimum atomic E-state index is 0.890. The van der Waals surface area contributed by atoms with Crippen LogP contribution in [0.3, 0.4) is 0 Å². The number of furan rings is 1. The quantitative estimate of drug-likeness (QED) is 0.144. The van der Waals surface area contributed by atoms with Crippen molar-refractivity contribution in [1.82, 2.24) is 0 Å². The van der Waals surface area contributed by atoms with Gasteiger partial charge in [0.05, 0.1) is 5.69 Å². The van der Waals surface area contributed by atoms with Crippen LogP contribution in [0.25, 0.3) is 99.5 Å². The van der Waals surface area contributed by atoms with Crippen molar-refractivity contribution in [1.29, 1.82) is 0 Å². The highest BCUT2D eigenvalue weighted by molar-refractivity contribution is 6.10. The van der Waals surface area contributed by atoms with Gasteiger partial charge in [-0.25, -0.2) is 0 Å². The van der Waals surface area contributed by atoms with Crippen molar-refractivity contribution in [2.45, 2.75) is 0 Å². The molecule has 0 bridgehead atoms. The Labute approximate surface area is 384 Å². The molecule has 12 aromatic rings. The second-order valence-electron chi connectivity index (χ2n) is 16.8. The maximum atomic E-state index is 6.60. The molecule has 12 rings (SSSR count). The number of rotatable bonds is 9. The molecule has 0 aliphatic heterocycles. The predicted molar refractivity (Wildman–Crippen MR) is 279 cm³/mol. The molecule has 0 aliphatic carbocycles. The van der Waals surface area contributed by atoms with Crippen molar-refractivity contribution < 1.29 is 4.42 Å². The molecule has 0 amide bonds. The second kappa shape index (κ2) is 16.8. The van der Waals surface area contributed by atoms with Crippen LogP contribution in [0.1, 0.15) is 0 Å². The van der Waals surface area contributed by atoms with Gasteiger partial charge in [0.25, 0.3) is 0 Å². The largest absolute Gasteiger partial charge is 0.455 e. The highest BCUT2D eigenvalue weighted by Crippen LogP contribution is 2.47. The lowest BCUT2D eigenvalue weighted by molar-refractivity contribution is 0.670. The number of benzene rings is 11. The minimum absolute atomic E-state index is 0.890. The predicted octanol–water partition coefficient (Wildman–Crippen LogP) is 18.2. The summed E-state index contributed by atoms with van der Waals surface area (Å²) in [6.07, 6.45) is 0.